The van der Waals surface area contributed by atoms with E-state index in [1.54, 1.807) is 51.1 Å². The van der Waals surface area contributed by atoms with Crippen LogP contribution >= 0.6 is 0 Å². The summed E-state index contributed by atoms with van der Waals surface area (Å²) in [5.41, 5.74) is 0.725. The fraction of sp³-hybridized carbons (Fsp3) is 0.160. The fourth-order valence-corrected chi connectivity index (χ4v) is 3.58. The summed E-state index contributed by atoms with van der Waals surface area (Å²) in [4.78, 5) is 43.1. The van der Waals surface area contributed by atoms with E-state index in [0.29, 0.717) is 22.8 Å². The number of esters is 1. The van der Waals surface area contributed by atoms with E-state index < -0.39 is 28.8 Å². The van der Waals surface area contributed by atoms with E-state index in [2.05, 4.69) is 20.7 Å². The quantitative estimate of drug-likeness (QED) is 0.559. The molecule has 35 heavy (non-hydrogen) atoms. The number of aliphatic imine (C=N–C) groups is 1. The third kappa shape index (κ3) is 4.72. The van der Waals surface area contributed by atoms with Gasteiger partial charge in [0.1, 0.15) is 22.9 Å². The molecule has 0 fully saturated rings. The van der Waals surface area contributed by atoms with E-state index in [1.807, 2.05) is 0 Å². The van der Waals surface area contributed by atoms with Gasteiger partial charge in [-0.2, -0.15) is 5.10 Å². The van der Waals surface area contributed by atoms with Gasteiger partial charge in [0.2, 0.25) is 5.43 Å². The first-order valence-corrected chi connectivity index (χ1v) is 10.8. The minimum atomic E-state index is -0.909. The molecular formula is C25H22FN5O4. The smallest absolute Gasteiger partial charge is 0.343 e. The lowest BCUT2D eigenvalue weighted by Gasteiger charge is -2.14. The van der Waals surface area contributed by atoms with Crippen LogP contribution < -0.4 is 16.1 Å². The second-order valence-electron chi connectivity index (χ2n) is 7.64. The standard InChI is InChI=1S/C25H22FN5O4/c1-4-35-25(34)21-15(3)27-17-10-6-7-11-18(17)28-23(21)29-24(33)22-20(32)13-14(2)31(30-22)19-12-8-5-9-16(19)26/h5-13,27H,4H2,1-3H3,(H,28,29,33). The highest BCUT2D eigenvalue weighted by atomic mass is 19.1. The normalized spacial score (nSPS) is 12.7. The van der Waals surface area contributed by atoms with Crippen LogP contribution in [-0.4, -0.2) is 34.1 Å². The maximum absolute atomic E-state index is 14.4. The first kappa shape index (κ1) is 23.6. The SMILES string of the molecule is CCOC(=O)C1=C(C)Nc2ccccc2N=C1NC(=O)c1nn(-c2ccccc2F)c(C)cc1=O. The van der Waals surface area contributed by atoms with Crippen LogP contribution in [-0.2, 0) is 9.53 Å². The van der Waals surface area contributed by atoms with E-state index in [0.717, 1.165) is 0 Å². The van der Waals surface area contributed by atoms with Crippen molar-refractivity contribution in [2.24, 2.45) is 4.99 Å². The molecule has 0 radical (unpaired) electrons. The van der Waals surface area contributed by atoms with Crippen LogP contribution in [0.5, 0.6) is 0 Å². The number of hydrogen-bond acceptors (Lipinski definition) is 7. The molecule has 1 aliphatic rings. The molecule has 0 bridgehead atoms. The Morgan fingerprint density at radius 3 is 2.57 bits per heavy atom. The number of nitrogens with one attached hydrogen (secondary N) is 2. The lowest BCUT2D eigenvalue weighted by Crippen LogP contribution is -2.39. The van der Waals surface area contributed by atoms with E-state index in [-0.39, 0.29) is 23.7 Å². The molecule has 178 valence electrons. The molecule has 0 atom stereocenters. The minimum absolute atomic E-state index is 0.00191. The summed E-state index contributed by atoms with van der Waals surface area (Å²) in [6.07, 6.45) is 0. The van der Waals surface area contributed by atoms with Crippen LogP contribution in [0, 0.1) is 12.7 Å². The van der Waals surface area contributed by atoms with E-state index in [4.69, 9.17) is 4.74 Å². The number of aromatic nitrogens is 2. The first-order chi connectivity index (χ1) is 16.8. The van der Waals surface area contributed by atoms with Crippen LogP contribution in [0.2, 0.25) is 0 Å². The molecule has 1 aromatic heterocycles. The highest BCUT2D eigenvalue weighted by molar-refractivity contribution is 6.25. The number of nitrogens with zero attached hydrogens (tertiary/aromatic N) is 3. The summed E-state index contributed by atoms with van der Waals surface area (Å²) in [6.45, 7) is 4.98. The number of amidine groups is 1. The molecule has 2 aromatic carbocycles. The lowest BCUT2D eigenvalue weighted by molar-refractivity contribution is -0.137. The van der Waals surface area contributed by atoms with Crippen LogP contribution in [0.4, 0.5) is 15.8 Å². The van der Waals surface area contributed by atoms with Gasteiger partial charge >= 0.3 is 5.97 Å². The van der Waals surface area contributed by atoms with Crippen molar-refractivity contribution in [1.29, 1.82) is 0 Å². The van der Waals surface area contributed by atoms with Crippen molar-refractivity contribution >= 4 is 29.1 Å². The van der Waals surface area contributed by atoms with Gasteiger partial charge in [0, 0.05) is 17.5 Å². The van der Waals surface area contributed by atoms with Gasteiger partial charge in [0.05, 0.1) is 18.0 Å². The number of allylic oxidation sites excluding steroid dienone is 1. The van der Waals surface area contributed by atoms with Crippen LogP contribution in [0.1, 0.15) is 30.0 Å². The fourth-order valence-electron chi connectivity index (χ4n) is 3.58. The highest BCUT2D eigenvalue weighted by Crippen LogP contribution is 2.30. The zero-order valence-electron chi connectivity index (χ0n) is 19.3. The van der Waals surface area contributed by atoms with Gasteiger partial charge in [-0.05, 0) is 45.0 Å². The number of carbonyl (C=O) groups excluding carboxylic acids is 2. The highest BCUT2D eigenvalue weighted by Gasteiger charge is 2.27. The van der Waals surface area contributed by atoms with Crippen molar-refractivity contribution in [3.05, 3.63) is 93.3 Å². The molecule has 0 aliphatic carbocycles. The number of hydrogen-bond donors (Lipinski definition) is 2. The predicted molar refractivity (Wildman–Crippen MR) is 128 cm³/mol. The maximum Gasteiger partial charge on any atom is 0.343 e. The van der Waals surface area contributed by atoms with E-state index in [9.17, 15) is 18.8 Å². The minimum Gasteiger partial charge on any atom is -0.462 e. The number of aryl methyl sites for hydroxylation is 1. The van der Waals surface area contributed by atoms with Crippen molar-refractivity contribution in [2.45, 2.75) is 20.8 Å². The van der Waals surface area contributed by atoms with E-state index >= 15 is 0 Å². The molecule has 10 heteroatoms. The average Bonchev–Trinajstić information content (AvgIpc) is 2.95. The Labute approximate surface area is 200 Å². The van der Waals surface area contributed by atoms with Gasteiger partial charge in [-0.25, -0.2) is 18.9 Å². The average molecular weight is 475 g/mol. The van der Waals surface area contributed by atoms with Gasteiger partial charge in [0.25, 0.3) is 5.91 Å². The van der Waals surface area contributed by atoms with Gasteiger partial charge in [-0.3, -0.25) is 9.59 Å². The van der Waals surface area contributed by atoms with Gasteiger partial charge < -0.3 is 15.4 Å². The second kappa shape index (κ2) is 9.72. The lowest BCUT2D eigenvalue weighted by atomic mass is 10.1. The molecule has 1 aliphatic heterocycles. The van der Waals surface area contributed by atoms with Crippen molar-refractivity contribution in [3.8, 4) is 5.69 Å². The Hall–Kier alpha value is -4.60. The summed E-state index contributed by atoms with van der Waals surface area (Å²) in [5, 5.41) is 9.74. The summed E-state index contributed by atoms with van der Waals surface area (Å²) in [6, 6.07) is 14.1. The molecule has 9 nitrogen and oxygen atoms in total. The molecule has 2 heterocycles. The van der Waals surface area contributed by atoms with Gasteiger partial charge in [-0.15, -0.1) is 0 Å². The Morgan fingerprint density at radius 2 is 1.83 bits per heavy atom. The number of para-hydroxylation sites is 3. The molecule has 0 spiro atoms. The topological polar surface area (TPSA) is 115 Å². The largest absolute Gasteiger partial charge is 0.462 e. The van der Waals surface area contributed by atoms with Crippen molar-refractivity contribution < 1.29 is 18.7 Å². The van der Waals surface area contributed by atoms with E-state index in [1.165, 1.54) is 28.9 Å². The second-order valence-corrected chi connectivity index (χ2v) is 7.64. The number of rotatable bonds is 4. The Morgan fingerprint density at radius 1 is 1.11 bits per heavy atom. The third-order valence-corrected chi connectivity index (χ3v) is 5.18. The zero-order valence-corrected chi connectivity index (χ0v) is 19.3. The Bertz CT molecular complexity index is 1460. The predicted octanol–water partition coefficient (Wildman–Crippen LogP) is 3.40. The van der Waals surface area contributed by atoms with Crippen LogP contribution in [0.3, 0.4) is 0 Å². The number of ether oxygens (including phenoxy) is 1. The monoisotopic (exact) mass is 475 g/mol. The summed E-state index contributed by atoms with van der Waals surface area (Å²) < 4.78 is 20.7. The van der Waals surface area contributed by atoms with Crippen LogP contribution in [0.25, 0.3) is 5.69 Å². The molecule has 1 amide bonds. The van der Waals surface area contributed by atoms with Crippen molar-refractivity contribution in [2.75, 3.05) is 11.9 Å². The molecular weight excluding hydrogens is 453 g/mol. The Kier molecular flexibility index (Phi) is 6.54. The van der Waals surface area contributed by atoms with Crippen LogP contribution in [0.15, 0.2) is 75.7 Å². The molecule has 4 rings (SSSR count). The van der Waals surface area contributed by atoms with Gasteiger partial charge in [-0.1, -0.05) is 24.3 Å². The first-order valence-electron chi connectivity index (χ1n) is 10.8. The molecule has 0 saturated carbocycles. The van der Waals surface area contributed by atoms with Crippen molar-refractivity contribution in [3.63, 3.8) is 0 Å². The molecule has 3 aromatic rings. The number of fused-ring (bicyclic) bond motifs is 1. The number of benzene rings is 2. The number of amides is 1. The summed E-state index contributed by atoms with van der Waals surface area (Å²) in [7, 11) is 0. The summed E-state index contributed by atoms with van der Waals surface area (Å²) in [5.74, 6) is -2.29. The number of anilines is 1. The molecule has 0 unspecified atom stereocenters. The Balaban J connectivity index is 1.79. The maximum atomic E-state index is 14.4. The number of halogens is 1. The number of carbonyl (C=O) groups is 2. The van der Waals surface area contributed by atoms with Gasteiger partial charge in [0.15, 0.2) is 5.69 Å². The molecule has 0 saturated heterocycles. The molecule has 2 N–H and O–H groups in total. The van der Waals surface area contributed by atoms with Crippen molar-refractivity contribution in [1.82, 2.24) is 15.1 Å². The third-order valence-electron chi connectivity index (χ3n) is 5.18. The summed E-state index contributed by atoms with van der Waals surface area (Å²) >= 11 is 0. The zero-order chi connectivity index (χ0) is 25.1.